The molecule has 5 aliphatic rings. The average Bonchev–Trinajstić information content (AvgIpc) is 3.61. The number of carbonyl (C=O) groups excluding carboxylic acids is 2. The van der Waals surface area contributed by atoms with E-state index < -0.39 is 43.2 Å². The Kier molecular flexibility index (Phi) is 16.2. The van der Waals surface area contributed by atoms with Gasteiger partial charge in [0.05, 0.1) is 47.8 Å². The zero-order valence-electron chi connectivity index (χ0n) is 39.9. The predicted octanol–water partition coefficient (Wildman–Crippen LogP) is 8.17. The zero-order valence-corrected chi connectivity index (χ0v) is 41.5. The summed E-state index contributed by atoms with van der Waals surface area (Å²) >= 11 is 3.39. The van der Waals surface area contributed by atoms with Crippen LogP contribution >= 0.6 is 15.9 Å². The molecule has 14 nitrogen and oxygen atoms in total. The minimum Gasteiger partial charge on any atom is -0.476 e. The van der Waals surface area contributed by atoms with Crippen LogP contribution in [0.4, 0.5) is 0 Å². The third kappa shape index (κ3) is 11.1. The lowest BCUT2D eigenvalue weighted by Crippen LogP contribution is -2.44. The van der Waals surface area contributed by atoms with Gasteiger partial charge < -0.3 is 46.9 Å². The monoisotopic (exact) mass is 944 g/mol. The van der Waals surface area contributed by atoms with Gasteiger partial charge in [0.15, 0.2) is 0 Å². The van der Waals surface area contributed by atoms with Crippen molar-refractivity contribution < 1.29 is 56.5 Å². The number of ether oxygens (including phenoxy) is 4. The number of aryl methyl sites for hydroxylation is 2. The molecule has 0 spiro atoms. The van der Waals surface area contributed by atoms with Crippen molar-refractivity contribution in [2.75, 3.05) is 27.4 Å². The van der Waals surface area contributed by atoms with Crippen molar-refractivity contribution in [2.24, 2.45) is 10.8 Å². The number of hydrogen-bond acceptors (Lipinski definition) is 14. The van der Waals surface area contributed by atoms with Crippen molar-refractivity contribution in [3.63, 3.8) is 0 Å². The first-order chi connectivity index (χ1) is 28.6. The number of hydrogen-bond donors (Lipinski definition) is 0. The lowest BCUT2D eigenvalue weighted by molar-refractivity contribution is -0.162. The quantitative estimate of drug-likeness (QED) is 0.166. The van der Waals surface area contributed by atoms with Gasteiger partial charge in [0.2, 0.25) is 11.8 Å². The molecule has 3 saturated heterocycles. The molecule has 5 heterocycles. The largest absolute Gasteiger partial charge is 0.496 e. The zero-order chi connectivity index (χ0) is 46.3. The standard InChI is InChI=1S/C19H28BNO5.C13H16BrNO3.C12H24B2O4.CH4/c1-13-10-15(24-12-19(8-7-9-19)16(22)23-6)21-11-14(13)20-25-17(2,3)18(4,5)26-20;1-9-6-11(15-7-10(9)14)18-8-13(4-3-5-13)12(16)17-2;1-9(2)10(3,4)16-13(15-9)14-17-11(5,6)12(7,8)18-14;/h10-11H,7-9,12H2,1-6H3;6-7H,3-5,8H2,1-2H3;1-8H3;1H4. The highest BCUT2D eigenvalue weighted by Crippen LogP contribution is 2.45. The normalized spacial score (nSPS) is 23.3. The Morgan fingerprint density at radius 2 is 0.921 bits per heavy atom. The minimum absolute atomic E-state index is 0. The fraction of sp³-hybridized carbons (Fsp3) is 0.733. The van der Waals surface area contributed by atoms with E-state index in [1.165, 1.54) is 14.2 Å². The molecule has 5 fully saturated rings. The summed E-state index contributed by atoms with van der Waals surface area (Å²) in [7, 11) is 1.44. The maximum absolute atomic E-state index is 12.0. The minimum atomic E-state index is -0.519. The van der Waals surface area contributed by atoms with Crippen LogP contribution in [0.5, 0.6) is 11.8 Å². The SMILES string of the molecule is C.CC1(C)OB(B2OC(C)(C)C(C)(C)O2)OC1(C)C.COC(=O)C1(COc2cc(C)c(B3OC(C)(C)C(C)(C)O3)cn2)CCC1.COC(=O)C1(COc2cc(C)c(Br)cn2)CCC1. The van der Waals surface area contributed by atoms with E-state index in [0.29, 0.717) is 25.0 Å². The second kappa shape index (κ2) is 19.2. The van der Waals surface area contributed by atoms with Crippen LogP contribution in [0.25, 0.3) is 0 Å². The van der Waals surface area contributed by atoms with Gasteiger partial charge in [0.25, 0.3) is 0 Å². The van der Waals surface area contributed by atoms with Crippen molar-refractivity contribution in [3.05, 3.63) is 40.1 Å². The molecule has 18 heteroatoms. The van der Waals surface area contributed by atoms with Crippen molar-refractivity contribution in [2.45, 2.75) is 176 Å². The van der Waals surface area contributed by atoms with Gasteiger partial charge >= 0.3 is 33.1 Å². The Morgan fingerprint density at radius 3 is 1.22 bits per heavy atom. The van der Waals surface area contributed by atoms with E-state index in [4.69, 9.17) is 46.9 Å². The number of halogens is 1. The first-order valence-electron chi connectivity index (χ1n) is 21.6. The highest BCUT2D eigenvalue weighted by molar-refractivity contribution is 9.10. The number of rotatable bonds is 10. The van der Waals surface area contributed by atoms with Gasteiger partial charge in [-0.3, -0.25) is 9.59 Å². The molecule has 0 aromatic carbocycles. The van der Waals surface area contributed by atoms with Crippen molar-refractivity contribution in [1.82, 2.24) is 9.97 Å². The lowest BCUT2D eigenvalue weighted by atomic mass is 9.49. The maximum atomic E-state index is 12.0. The Morgan fingerprint density at radius 1 is 0.587 bits per heavy atom. The molecular formula is C45H72B3BrN2O12. The van der Waals surface area contributed by atoms with Crippen LogP contribution in [-0.4, -0.2) is 104 Å². The highest BCUT2D eigenvalue weighted by atomic mass is 79.9. The van der Waals surface area contributed by atoms with Gasteiger partial charge in [-0.05, 0) is 150 Å². The second-order valence-corrected chi connectivity index (χ2v) is 21.2. The molecule has 2 aliphatic carbocycles. The summed E-state index contributed by atoms with van der Waals surface area (Å²) in [6.45, 7) is 28.9. The predicted molar refractivity (Wildman–Crippen MR) is 248 cm³/mol. The summed E-state index contributed by atoms with van der Waals surface area (Å²) in [5, 5.41) is 0. The molecule has 0 radical (unpaired) electrons. The molecule has 3 aliphatic heterocycles. The smallest absolute Gasteiger partial charge is 0.476 e. The molecule has 63 heavy (non-hydrogen) atoms. The Labute approximate surface area is 386 Å². The molecule has 0 N–H and O–H groups in total. The van der Waals surface area contributed by atoms with Crippen LogP contribution in [0.1, 0.15) is 140 Å². The van der Waals surface area contributed by atoms with E-state index in [9.17, 15) is 9.59 Å². The Hall–Kier alpha value is -2.73. The van der Waals surface area contributed by atoms with Gasteiger partial charge in [-0.1, -0.05) is 20.3 Å². The van der Waals surface area contributed by atoms with Crippen molar-refractivity contribution in [3.8, 4) is 11.8 Å². The van der Waals surface area contributed by atoms with Gasteiger partial charge in [-0.15, -0.1) is 0 Å². The highest BCUT2D eigenvalue weighted by Gasteiger charge is 2.64. The summed E-state index contributed by atoms with van der Waals surface area (Å²) < 4.78 is 58.2. The summed E-state index contributed by atoms with van der Waals surface area (Å²) in [5.41, 5.74) is -0.276. The van der Waals surface area contributed by atoms with E-state index in [1.807, 2.05) is 109 Å². The van der Waals surface area contributed by atoms with E-state index in [2.05, 4.69) is 25.9 Å². The summed E-state index contributed by atoms with van der Waals surface area (Å²) in [5.74, 6) is 0.667. The number of nitrogens with zero attached hydrogens (tertiary/aromatic N) is 2. The second-order valence-electron chi connectivity index (χ2n) is 20.3. The number of carbonyl (C=O) groups is 2. The van der Waals surface area contributed by atoms with Gasteiger partial charge in [-0.2, -0.15) is 0 Å². The molecule has 2 aromatic rings. The van der Waals surface area contributed by atoms with Gasteiger partial charge in [-0.25, -0.2) is 9.97 Å². The van der Waals surface area contributed by atoms with E-state index in [1.54, 1.807) is 12.4 Å². The first-order valence-corrected chi connectivity index (χ1v) is 22.4. The van der Waals surface area contributed by atoms with Gasteiger partial charge in [0, 0.05) is 34.5 Å². The maximum Gasteiger partial charge on any atom is 0.496 e. The van der Waals surface area contributed by atoms with E-state index >= 15 is 0 Å². The first kappa shape index (κ1) is 52.9. The lowest BCUT2D eigenvalue weighted by Gasteiger charge is -2.38. The van der Waals surface area contributed by atoms with E-state index in [-0.39, 0.29) is 41.8 Å². The molecule has 7 rings (SSSR count). The molecule has 0 unspecified atom stereocenters. The Balaban J connectivity index is 0.000000211. The molecular weight excluding hydrogens is 873 g/mol. The van der Waals surface area contributed by atoms with Crippen LogP contribution < -0.4 is 14.9 Å². The molecule has 0 amide bonds. The topological polar surface area (TPSA) is 152 Å². The summed E-state index contributed by atoms with van der Waals surface area (Å²) in [4.78, 5) is 32.3. The van der Waals surface area contributed by atoms with Gasteiger partial charge in [0.1, 0.15) is 24.0 Å². The summed E-state index contributed by atoms with van der Waals surface area (Å²) in [6.07, 6.45) is 8.76. The third-order valence-corrected chi connectivity index (χ3v) is 15.1. The van der Waals surface area contributed by atoms with Crippen LogP contribution in [0.2, 0.25) is 0 Å². The molecule has 0 bridgehead atoms. The van der Waals surface area contributed by atoms with Crippen LogP contribution in [0, 0.1) is 24.7 Å². The molecule has 350 valence electrons. The Bertz CT molecular complexity index is 1850. The molecule has 0 atom stereocenters. The number of methoxy groups -OCH3 is 2. The van der Waals surface area contributed by atoms with Crippen molar-refractivity contribution in [1.29, 1.82) is 0 Å². The van der Waals surface area contributed by atoms with Crippen molar-refractivity contribution >= 4 is 54.5 Å². The number of pyridine rings is 2. The average molecular weight is 945 g/mol. The van der Waals surface area contributed by atoms with Crippen LogP contribution in [0.15, 0.2) is 29.0 Å². The summed E-state index contributed by atoms with van der Waals surface area (Å²) in [6, 6.07) is 3.72. The van der Waals surface area contributed by atoms with Crippen LogP contribution in [0.3, 0.4) is 0 Å². The molecule has 2 aromatic heterocycles. The molecule has 2 saturated carbocycles. The number of esters is 2. The fourth-order valence-corrected chi connectivity index (χ4v) is 7.52. The third-order valence-electron chi connectivity index (χ3n) is 14.3. The fourth-order valence-electron chi connectivity index (χ4n) is 7.31. The van der Waals surface area contributed by atoms with E-state index in [0.717, 1.165) is 59.6 Å². The number of aromatic nitrogens is 2. The van der Waals surface area contributed by atoms with Crippen LogP contribution in [-0.2, 0) is 47.0 Å².